The van der Waals surface area contributed by atoms with E-state index < -0.39 is 24.8 Å². The number of unbranched alkanes of at least 4 members (excludes halogenated alkanes) is 3. The lowest BCUT2D eigenvalue weighted by Crippen LogP contribution is -2.35. The SMILES string of the molecule is CCCCC(=O)c1ccc(C)s1.Cc1ccc(C(=O)CC(C)C)s1.Cc1ccc(C(=O)CCC(=O)N(C)C)s1.Cc1ccc(C(=O)CCC(F)(F)F)s1.Cc1ccc(C(=O)CCCC(=O)N2CCCCC2)s1.Cc1ccc(C(=O)CCCCN(C)C)s1.Cc1ccc(C(=O)CCCCN)s1.Cc1ccc(C(=O)CCc2ccco2)s1.Cc1ccc(C(=O)Cc2nccs2)s1. The first-order chi connectivity index (χ1) is 61.2. The van der Waals surface area contributed by atoms with Gasteiger partial charge in [0.2, 0.25) is 11.8 Å². The Morgan fingerprint density at radius 1 is 0.426 bits per heavy atom. The summed E-state index contributed by atoms with van der Waals surface area (Å²) in [7, 11) is 7.51. The van der Waals surface area contributed by atoms with Crippen molar-refractivity contribution in [2.24, 2.45) is 11.7 Å². The van der Waals surface area contributed by atoms with Gasteiger partial charge in [0.05, 0.1) is 63.0 Å². The Morgan fingerprint density at radius 2 is 0.783 bits per heavy atom. The van der Waals surface area contributed by atoms with Crippen LogP contribution in [0.4, 0.5) is 13.2 Å². The fourth-order valence-electron chi connectivity index (χ4n) is 11.7. The van der Waals surface area contributed by atoms with Crippen molar-refractivity contribution in [3.63, 3.8) is 0 Å². The van der Waals surface area contributed by atoms with E-state index in [0.717, 1.165) is 135 Å². The van der Waals surface area contributed by atoms with E-state index in [0.29, 0.717) is 106 Å². The van der Waals surface area contributed by atoms with Crippen LogP contribution in [0.15, 0.2) is 144 Å². The summed E-state index contributed by atoms with van der Waals surface area (Å²) in [6.45, 7) is 27.7. The Morgan fingerprint density at radius 3 is 1.11 bits per heavy atom. The molecule has 2 N–H and O–H groups in total. The first-order valence-electron chi connectivity index (χ1n) is 43.4. The number of Topliss-reactive ketones (excluding diaryl/α,β-unsaturated/α-hetero) is 9. The van der Waals surface area contributed by atoms with Gasteiger partial charge in [-0.15, -0.1) is 113 Å². The maximum Gasteiger partial charge on any atom is 0.389 e. The van der Waals surface area contributed by atoms with E-state index in [1.807, 2.05) is 182 Å². The van der Waals surface area contributed by atoms with Crippen LogP contribution in [0, 0.1) is 68.2 Å². The van der Waals surface area contributed by atoms with E-state index in [1.54, 1.807) is 107 Å². The summed E-state index contributed by atoms with van der Waals surface area (Å²) >= 11 is 15.2. The zero-order valence-corrected chi connectivity index (χ0v) is 85.6. The Balaban J connectivity index is 0.000000305. The molecular formula is C99H128F3N5O12S10. The molecule has 1 aliphatic rings. The van der Waals surface area contributed by atoms with Crippen LogP contribution in [-0.4, -0.2) is 144 Å². The van der Waals surface area contributed by atoms with E-state index >= 15 is 0 Å². The number of nitrogens with zero attached hydrogens (tertiary/aromatic N) is 4. The summed E-state index contributed by atoms with van der Waals surface area (Å²) in [6.07, 6.45) is 13.7. The third-order valence-electron chi connectivity index (χ3n) is 18.8. The summed E-state index contributed by atoms with van der Waals surface area (Å²) in [6, 6.07) is 38.1. The molecule has 0 saturated carbocycles. The van der Waals surface area contributed by atoms with Crippen molar-refractivity contribution in [2.45, 2.75) is 237 Å². The number of likely N-dealkylation sites (tertiary alicyclic amines) is 1. The van der Waals surface area contributed by atoms with Crippen molar-refractivity contribution in [3.05, 3.63) is 238 Å². The fraction of sp³-hybridized carbons (Fsp3) is 0.455. The second-order valence-corrected chi connectivity index (χ2v) is 44.2. The zero-order chi connectivity index (χ0) is 95.5. The number of aryl methyl sites for hydroxylation is 10. The molecule has 702 valence electrons. The molecule has 0 aliphatic carbocycles. The molecule has 1 fully saturated rings. The molecule has 0 radical (unpaired) electrons. The summed E-state index contributed by atoms with van der Waals surface area (Å²) in [5.41, 5.74) is 5.35. The van der Waals surface area contributed by atoms with Gasteiger partial charge in [-0.1, -0.05) is 27.2 Å². The van der Waals surface area contributed by atoms with Crippen LogP contribution in [0.3, 0.4) is 0 Å². The van der Waals surface area contributed by atoms with Crippen molar-refractivity contribution in [1.82, 2.24) is 19.7 Å². The molecule has 17 nitrogen and oxygen atoms in total. The molecule has 11 aromatic rings. The van der Waals surface area contributed by atoms with Gasteiger partial charge in [0, 0.05) is 153 Å². The smallest absolute Gasteiger partial charge is 0.389 e. The summed E-state index contributed by atoms with van der Waals surface area (Å²) < 4.78 is 40.5. The lowest BCUT2D eigenvalue weighted by molar-refractivity contribution is -0.134. The normalized spacial score (nSPS) is 11.3. The van der Waals surface area contributed by atoms with Gasteiger partial charge in [0.1, 0.15) is 10.8 Å². The van der Waals surface area contributed by atoms with Gasteiger partial charge in [-0.05, 0) is 275 Å². The quantitative estimate of drug-likeness (QED) is 0.0281. The molecule has 0 unspecified atom stereocenters. The minimum atomic E-state index is -4.25. The number of alkyl halides is 3. The molecule has 0 bridgehead atoms. The Labute approximate surface area is 801 Å². The largest absolute Gasteiger partial charge is 0.469 e. The van der Waals surface area contributed by atoms with E-state index in [1.165, 1.54) is 85.9 Å². The van der Waals surface area contributed by atoms with Gasteiger partial charge >= 0.3 is 6.18 Å². The number of nitrogens with two attached hydrogens (primary N) is 1. The summed E-state index contributed by atoms with van der Waals surface area (Å²) in [5, 5.41) is 2.78. The predicted molar refractivity (Wildman–Crippen MR) is 535 cm³/mol. The second kappa shape index (κ2) is 62.3. The van der Waals surface area contributed by atoms with Gasteiger partial charge in [-0.3, -0.25) is 52.7 Å². The van der Waals surface area contributed by atoms with Crippen LogP contribution in [-0.2, 0) is 22.4 Å². The monoisotopic (exact) mass is 1960 g/mol. The molecule has 30 heteroatoms. The average Bonchev–Trinajstić information content (AvgIpc) is 1.76. The Bertz CT molecular complexity index is 5150. The van der Waals surface area contributed by atoms with Crippen molar-refractivity contribution >= 4 is 177 Å². The average molecular weight is 1960 g/mol. The lowest BCUT2D eigenvalue weighted by Gasteiger charge is -2.26. The number of amides is 2. The molecule has 0 atom stereocenters. The lowest BCUT2D eigenvalue weighted by atomic mass is 10.1. The topological polar surface area (TPSA) is 250 Å². The highest BCUT2D eigenvalue weighted by Crippen LogP contribution is 2.28. The molecule has 0 spiro atoms. The number of hydrogen-bond acceptors (Lipinski definition) is 25. The highest BCUT2D eigenvalue weighted by molar-refractivity contribution is 7.16. The van der Waals surface area contributed by atoms with Gasteiger partial charge in [-0.25, -0.2) is 4.98 Å². The van der Waals surface area contributed by atoms with Gasteiger partial charge in [0.15, 0.2) is 52.0 Å². The minimum Gasteiger partial charge on any atom is -0.469 e. The van der Waals surface area contributed by atoms with Crippen molar-refractivity contribution in [2.75, 3.05) is 54.4 Å². The van der Waals surface area contributed by atoms with Crippen LogP contribution >= 0.6 is 113 Å². The second-order valence-electron chi connectivity index (χ2n) is 31.6. The number of aromatic nitrogens is 1. The predicted octanol–water partition coefficient (Wildman–Crippen LogP) is 27.6. The van der Waals surface area contributed by atoms with Crippen molar-refractivity contribution in [1.29, 1.82) is 0 Å². The first kappa shape index (κ1) is 113. The number of hydrogen-bond donors (Lipinski definition) is 1. The highest BCUT2D eigenvalue weighted by Gasteiger charge is 2.29. The van der Waals surface area contributed by atoms with Crippen molar-refractivity contribution in [3.8, 4) is 0 Å². The van der Waals surface area contributed by atoms with Gasteiger partial charge < -0.3 is 24.9 Å². The third-order valence-corrected chi connectivity index (χ3v) is 28.9. The number of thiazole rings is 1. The number of furan rings is 1. The fourth-order valence-corrected chi connectivity index (χ4v) is 19.8. The molecule has 1 aliphatic heterocycles. The van der Waals surface area contributed by atoms with Crippen molar-refractivity contribution < 1.29 is 70.3 Å². The van der Waals surface area contributed by atoms with Crippen LogP contribution in [0.5, 0.6) is 0 Å². The number of piperidine rings is 1. The standard InChI is InChI=1S/C15H21NO2S.C12H19NOS.C12H12O2S.C11H15NO2S.C10H9NOS2.C10H15NOS.2C10H14OS.C9H9F3OS/c1-12-8-9-14(19-12)13(17)6-5-7-15(18)16-10-3-2-4-11-16;1-10-7-8-12(15-10)11(14)6-4-5-9-13(2)3;1-9-4-7-12(15-9)11(13)6-5-10-3-2-8-14-10;1-8-4-6-10(15-8)9(13)5-7-11(14)12(2)3;1-7-2-3-9(14-7)8(12)6-10-11-4-5-13-10;1-8-5-6-10(13-8)9(12)4-2-3-7-11;1-7(2)6-9(11)10-5-4-8(3)12-10;1-3-4-5-9(11)10-7-6-8(2)12-10;1-6-2-3-8(14-6)7(13)4-5-9(10,11)12/h8-9H,2-7,10-11H2,1H3;7-8H,4-6,9H2,1-3H3;2-4,7-8H,5-6H2,1H3;4,6H,5,7H2,1-3H3;2-5H,6H2,1H3;5-6H,2-4,7,11H2,1H3;4-5,7H,6H2,1-3H3;6-7H,3-5H2,1-2H3;2-3H,4-5H2,1H3. The molecule has 11 aromatic heterocycles. The highest BCUT2D eigenvalue weighted by atomic mass is 32.1. The number of thiophene rings is 9. The first-order valence-corrected chi connectivity index (χ1v) is 51.6. The molecule has 2 amide bonds. The van der Waals surface area contributed by atoms with Crippen LogP contribution < -0.4 is 5.73 Å². The van der Waals surface area contributed by atoms with Crippen LogP contribution in [0.2, 0.25) is 0 Å². The van der Waals surface area contributed by atoms with E-state index in [2.05, 4.69) is 44.8 Å². The maximum absolute atomic E-state index is 11.9. The number of halogens is 3. The molecule has 129 heavy (non-hydrogen) atoms. The van der Waals surface area contributed by atoms with Crippen LogP contribution in [0.1, 0.15) is 297 Å². The van der Waals surface area contributed by atoms with E-state index in [-0.39, 0.29) is 46.5 Å². The molecule has 0 aromatic carbocycles. The van der Waals surface area contributed by atoms with Crippen LogP contribution in [0.25, 0.3) is 0 Å². The number of rotatable bonds is 37. The Kier molecular flexibility index (Phi) is 54.7. The summed E-state index contributed by atoms with van der Waals surface area (Å²) in [4.78, 5) is 155. The van der Waals surface area contributed by atoms with Gasteiger partial charge in [-0.2, -0.15) is 13.2 Å². The molecule has 12 heterocycles. The maximum atomic E-state index is 11.9. The minimum absolute atomic E-state index is 0.00312. The number of carbonyl (C=O) groups is 11. The van der Waals surface area contributed by atoms with E-state index in [9.17, 15) is 65.9 Å². The number of ketones is 9. The molecule has 1 saturated heterocycles. The van der Waals surface area contributed by atoms with Gasteiger partial charge in [0.25, 0.3) is 0 Å². The third kappa shape index (κ3) is 48.7. The molecule has 12 rings (SSSR count). The zero-order valence-electron chi connectivity index (χ0n) is 77.4. The summed E-state index contributed by atoms with van der Waals surface area (Å²) in [5.74, 6) is 2.84. The molecular weight excluding hydrogens is 1830 g/mol. The van der Waals surface area contributed by atoms with E-state index in [4.69, 9.17) is 10.2 Å². The Hall–Kier alpha value is -8.11. The number of carbonyl (C=O) groups excluding carboxylic acids is 11.